The van der Waals surface area contributed by atoms with Crippen molar-refractivity contribution >= 4 is 11.9 Å². The molecule has 2 aliphatic rings. The van der Waals surface area contributed by atoms with Crippen LogP contribution in [0.1, 0.15) is 67.2 Å². The molecule has 2 rings (SSSR count). The fourth-order valence-electron chi connectivity index (χ4n) is 3.71. The quantitative estimate of drug-likeness (QED) is 0.278. The predicted molar refractivity (Wildman–Crippen MR) is 119 cm³/mol. The first-order valence-electron chi connectivity index (χ1n) is 10.8. The molecule has 1 aliphatic carbocycles. The van der Waals surface area contributed by atoms with Crippen LogP contribution in [-0.2, 0) is 19.1 Å². The van der Waals surface area contributed by atoms with Crippen molar-refractivity contribution in [1.29, 1.82) is 0 Å². The van der Waals surface area contributed by atoms with Gasteiger partial charge in [-0.2, -0.15) is 0 Å². The highest BCUT2D eigenvalue weighted by atomic mass is 16.6. The molecule has 6 heteroatoms. The number of carboxylic acid groups (broad SMARTS) is 1. The van der Waals surface area contributed by atoms with E-state index in [0.29, 0.717) is 31.3 Å². The number of carboxylic acids is 1. The maximum atomic E-state index is 12.3. The summed E-state index contributed by atoms with van der Waals surface area (Å²) < 4.78 is 11.6. The number of carbonyl (C=O) groups excluding carboxylic acids is 1. The van der Waals surface area contributed by atoms with E-state index in [1.807, 2.05) is 45.9 Å². The zero-order valence-electron chi connectivity index (χ0n) is 19.5. The molecule has 4 atom stereocenters. The molecule has 0 radical (unpaired) electrons. The summed E-state index contributed by atoms with van der Waals surface area (Å²) in [6.07, 6.45) is 12.0. The normalized spacial score (nSPS) is 34.0. The van der Waals surface area contributed by atoms with Crippen LogP contribution in [0.15, 0.2) is 47.6 Å². The number of rotatable bonds is 6. The molecule has 31 heavy (non-hydrogen) atoms. The third-order valence-corrected chi connectivity index (χ3v) is 5.74. The second kappa shape index (κ2) is 9.53. The Morgan fingerprint density at radius 1 is 1.32 bits per heavy atom. The largest absolute Gasteiger partial charge is 0.478 e. The first-order valence-corrected chi connectivity index (χ1v) is 10.8. The highest BCUT2D eigenvalue weighted by molar-refractivity contribution is 5.86. The lowest BCUT2D eigenvalue weighted by Gasteiger charge is -2.26. The number of carbonyl (C=O) groups is 2. The first-order chi connectivity index (χ1) is 14.2. The summed E-state index contributed by atoms with van der Waals surface area (Å²) in [5.74, 6) is -1.35. The van der Waals surface area contributed by atoms with Crippen LogP contribution in [0.25, 0.3) is 0 Å². The van der Waals surface area contributed by atoms with E-state index in [1.165, 1.54) is 6.08 Å². The van der Waals surface area contributed by atoms with Gasteiger partial charge in [0.2, 0.25) is 0 Å². The van der Waals surface area contributed by atoms with E-state index < -0.39 is 34.7 Å². The van der Waals surface area contributed by atoms with Gasteiger partial charge in [-0.05, 0) is 71.8 Å². The van der Waals surface area contributed by atoms with Crippen LogP contribution in [-0.4, -0.2) is 45.6 Å². The Morgan fingerprint density at radius 3 is 2.58 bits per heavy atom. The Bertz CT molecular complexity index is 808. The molecule has 1 fully saturated rings. The van der Waals surface area contributed by atoms with Gasteiger partial charge in [0.1, 0.15) is 5.60 Å². The van der Waals surface area contributed by atoms with Crippen LogP contribution in [0.2, 0.25) is 0 Å². The molecule has 0 amide bonds. The van der Waals surface area contributed by atoms with Gasteiger partial charge in [0.15, 0.2) is 6.10 Å². The molecule has 1 saturated heterocycles. The van der Waals surface area contributed by atoms with E-state index in [0.717, 1.165) is 5.57 Å². The minimum absolute atomic E-state index is 0.177. The third kappa shape index (κ3) is 7.47. The molecule has 172 valence electrons. The zero-order valence-corrected chi connectivity index (χ0v) is 19.5. The van der Waals surface area contributed by atoms with Crippen molar-refractivity contribution in [1.82, 2.24) is 0 Å². The fraction of sp³-hybridized carbons (Fsp3) is 0.600. The molecule has 0 aromatic carbocycles. The smallest absolute Gasteiger partial charge is 0.331 e. The standard InChI is InChI=1S/C25H36O6/c1-17(2)16-21(26)30-19-11-15-24(5,13-7-12-23(3,4)29)14-10-18(22(27)28)8-9-20-25(19,6)31-20/h7,10-12,15-16,19-20,29H,8-9,13-14H2,1-6H3,(H,27,28)/b12-7+,15-11+,18-10-/t19-,20+,24+,25+/m1/s1. The van der Waals surface area contributed by atoms with Gasteiger partial charge in [0, 0.05) is 11.6 Å². The van der Waals surface area contributed by atoms with Crippen LogP contribution < -0.4 is 0 Å². The van der Waals surface area contributed by atoms with Gasteiger partial charge in [-0.1, -0.05) is 36.8 Å². The average molecular weight is 433 g/mol. The Kier molecular flexibility index (Phi) is 7.71. The predicted octanol–water partition coefficient (Wildman–Crippen LogP) is 4.50. The molecule has 2 N–H and O–H groups in total. The number of hydrogen-bond donors (Lipinski definition) is 2. The summed E-state index contributed by atoms with van der Waals surface area (Å²) in [4.78, 5) is 24.0. The summed E-state index contributed by atoms with van der Waals surface area (Å²) in [5.41, 5.74) is -0.820. The maximum Gasteiger partial charge on any atom is 0.331 e. The lowest BCUT2D eigenvalue weighted by Crippen LogP contribution is -2.32. The van der Waals surface area contributed by atoms with E-state index in [9.17, 15) is 19.8 Å². The van der Waals surface area contributed by atoms with Gasteiger partial charge >= 0.3 is 11.9 Å². The van der Waals surface area contributed by atoms with E-state index >= 15 is 0 Å². The number of ether oxygens (including phenoxy) is 2. The Labute approximate surface area is 185 Å². The number of aliphatic hydroxyl groups is 1. The lowest BCUT2D eigenvalue weighted by atomic mass is 9.81. The first kappa shape index (κ1) is 25.1. The zero-order chi connectivity index (χ0) is 23.4. The van der Waals surface area contributed by atoms with E-state index in [4.69, 9.17) is 9.47 Å². The van der Waals surface area contributed by atoms with Gasteiger partial charge < -0.3 is 19.7 Å². The minimum Gasteiger partial charge on any atom is -0.478 e. The summed E-state index contributed by atoms with van der Waals surface area (Å²) in [7, 11) is 0. The van der Waals surface area contributed by atoms with Crippen molar-refractivity contribution in [3.05, 3.63) is 47.6 Å². The molecular weight excluding hydrogens is 396 g/mol. The van der Waals surface area contributed by atoms with Gasteiger partial charge in [0.05, 0.1) is 11.7 Å². The van der Waals surface area contributed by atoms with Crippen LogP contribution in [0.4, 0.5) is 0 Å². The fourth-order valence-corrected chi connectivity index (χ4v) is 3.71. The lowest BCUT2D eigenvalue weighted by molar-refractivity contribution is -0.143. The van der Waals surface area contributed by atoms with Gasteiger partial charge in [0.25, 0.3) is 0 Å². The third-order valence-electron chi connectivity index (χ3n) is 5.74. The van der Waals surface area contributed by atoms with Crippen molar-refractivity contribution < 1.29 is 29.3 Å². The highest BCUT2D eigenvalue weighted by Crippen LogP contribution is 2.45. The van der Waals surface area contributed by atoms with Crippen LogP contribution in [0, 0.1) is 5.41 Å². The number of fused-ring (bicyclic) bond motifs is 1. The molecule has 0 saturated carbocycles. The average Bonchev–Trinajstić information content (AvgIpc) is 3.27. The van der Waals surface area contributed by atoms with Crippen LogP contribution >= 0.6 is 0 Å². The highest BCUT2D eigenvalue weighted by Gasteiger charge is 2.58. The van der Waals surface area contributed by atoms with Crippen molar-refractivity contribution in [2.45, 2.75) is 90.6 Å². The molecule has 0 unspecified atom stereocenters. The molecule has 6 nitrogen and oxygen atoms in total. The molecular formula is C25H36O6. The Morgan fingerprint density at radius 2 is 2.00 bits per heavy atom. The maximum absolute atomic E-state index is 12.3. The van der Waals surface area contributed by atoms with Crippen LogP contribution in [0.3, 0.4) is 0 Å². The van der Waals surface area contributed by atoms with Gasteiger partial charge in [-0.25, -0.2) is 9.59 Å². The van der Waals surface area contributed by atoms with Crippen molar-refractivity contribution in [3.63, 3.8) is 0 Å². The Hall–Kier alpha value is -2.18. The van der Waals surface area contributed by atoms with E-state index in [2.05, 4.69) is 0 Å². The topological polar surface area (TPSA) is 96.4 Å². The monoisotopic (exact) mass is 432 g/mol. The number of allylic oxidation sites excluding steroid dienone is 4. The van der Waals surface area contributed by atoms with Gasteiger partial charge in [-0.15, -0.1) is 0 Å². The molecule has 1 aliphatic heterocycles. The summed E-state index contributed by atoms with van der Waals surface area (Å²) in [6.45, 7) is 11.0. The van der Waals surface area contributed by atoms with E-state index in [-0.39, 0.29) is 6.10 Å². The van der Waals surface area contributed by atoms with Crippen molar-refractivity contribution in [2.24, 2.45) is 5.41 Å². The molecule has 0 spiro atoms. The second-order valence-electron chi connectivity index (χ2n) is 9.92. The second-order valence-corrected chi connectivity index (χ2v) is 9.92. The van der Waals surface area contributed by atoms with E-state index in [1.54, 1.807) is 26.0 Å². The Balaban J connectivity index is 2.37. The molecule has 0 aromatic heterocycles. The molecule has 0 aromatic rings. The number of aliphatic carboxylic acids is 1. The molecule has 1 heterocycles. The number of epoxide rings is 1. The van der Waals surface area contributed by atoms with Crippen LogP contribution in [0.5, 0.6) is 0 Å². The van der Waals surface area contributed by atoms with Crippen molar-refractivity contribution in [2.75, 3.05) is 0 Å². The van der Waals surface area contributed by atoms with Crippen molar-refractivity contribution in [3.8, 4) is 0 Å². The number of hydrogen-bond acceptors (Lipinski definition) is 5. The summed E-state index contributed by atoms with van der Waals surface area (Å²) >= 11 is 0. The SMILES string of the molecule is CC(C)=CC(=O)O[C@@H]1/C=C/[C@@](C)(C/C=C/C(C)(C)O)C/C=C(\C(=O)O)CC[C@@H]2O[C@]21C. The summed E-state index contributed by atoms with van der Waals surface area (Å²) in [6, 6.07) is 0. The summed E-state index contributed by atoms with van der Waals surface area (Å²) in [5, 5.41) is 19.6. The number of esters is 1. The van der Waals surface area contributed by atoms with Gasteiger partial charge in [-0.3, -0.25) is 0 Å². The molecule has 0 bridgehead atoms. The minimum atomic E-state index is -0.930.